The number of para-hydroxylation sites is 1. The van der Waals surface area contributed by atoms with E-state index in [2.05, 4.69) is 28.8 Å². The fraction of sp³-hybridized carbons (Fsp3) is 0.333. The Morgan fingerprint density at radius 1 is 0.966 bits per heavy atom. The van der Waals surface area contributed by atoms with Gasteiger partial charge in [-0.2, -0.15) is 0 Å². The number of nitrogens with zero attached hydrogens (tertiary/aromatic N) is 1. The van der Waals surface area contributed by atoms with Gasteiger partial charge < -0.3 is 10.6 Å². The van der Waals surface area contributed by atoms with Gasteiger partial charge in [0.2, 0.25) is 0 Å². The minimum atomic E-state index is -0.485. The Bertz CT molecular complexity index is 1020. The lowest BCUT2D eigenvalue weighted by Crippen LogP contribution is -2.25. The minimum absolute atomic E-state index is 0.0977. The first-order valence-electron chi connectivity index (χ1n) is 10.4. The van der Waals surface area contributed by atoms with Crippen molar-refractivity contribution in [3.63, 3.8) is 0 Å². The van der Waals surface area contributed by atoms with E-state index in [1.807, 2.05) is 6.07 Å². The van der Waals surface area contributed by atoms with Crippen molar-refractivity contribution < 1.29 is 9.18 Å². The smallest absolute Gasteiger partial charge is 0.254 e. The molecule has 0 fully saturated rings. The number of fused-ring (bicyclic) bond motifs is 2. The number of aryl methyl sites for hydroxylation is 1. The van der Waals surface area contributed by atoms with E-state index in [-0.39, 0.29) is 11.5 Å². The molecule has 0 saturated carbocycles. The molecule has 0 aliphatic heterocycles. The molecule has 0 unspecified atom stereocenters. The molecule has 0 atom stereocenters. The van der Waals surface area contributed by atoms with E-state index in [1.165, 1.54) is 47.3 Å². The highest BCUT2D eigenvalue weighted by Gasteiger charge is 2.17. The third-order valence-electron chi connectivity index (χ3n) is 5.48. The zero-order valence-corrected chi connectivity index (χ0v) is 16.5. The van der Waals surface area contributed by atoms with Crippen molar-refractivity contribution in [2.45, 2.75) is 38.5 Å². The SMILES string of the molecule is O=C(NCCCCNc1c2c(nc3ccccc13)CCCC2)c1ccccc1F. The summed E-state index contributed by atoms with van der Waals surface area (Å²) in [5, 5.41) is 7.61. The number of hydrogen-bond acceptors (Lipinski definition) is 3. The Labute approximate surface area is 170 Å². The molecule has 0 bridgehead atoms. The Kier molecular flexibility index (Phi) is 6.03. The Balaban J connectivity index is 1.33. The van der Waals surface area contributed by atoms with Crippen LogP contribution in [-0.4, -0.2) is 24.0 Å². The maximum atomic E-state index is 13.6. The fourth-order valence-corrected chi connectivity index (χ4v) is 3.98. The van der Waals surface area contributed by atoms with Crippen LogP contribution in [0, 0.1) is 5.82 Å². The van der Waals surface area contributed by atoms with Gasteiger partial charge in [0.05, 0.1) is 11.1 Å². The van der Waals surface area contributed by atoms with Crippen LogP contribution >= 0.6 is 0 Å². The molecule has 0 saturated heterocycles. The topological polar surface area (TPSA) is 54.0 Å². The molecular weight excluding hydrogens is 365 g/mol. The lowest BCUT2D eigenvalue weighted by atomic mass is 9.92. The second kappa shape index (κ2) is 9.03. The largest absolute Gasteiger partial charge is 0.384 e. The van der Waals surface area contributed by atoms with Crippen molar-refractivity contribution in [2.75, 3.05) is 18.4 Å². The van der Waals surface area contributed by atoms with Crippen LogP contribution in [0.25, 0.3) is 10.9 Å². The summed E-state index contributed by atoms with van der Waals surface area (Å²) in [6.45, 7) is 1.36. The van der Waals surface area contributed by atoms with E-state index < -0.39 is 5.82 Å². The average Bonchev–Trinajstić information content (AvgIpc) is 2.75. The quantitative estimate of drug-likeness (QED) is 0.565. The Hall–Kier alpha value is -2.95. The normalized spacial score (nSPS) is 13.1. The van der Waals surface area contributed by atoms with Gasteiger partial charge in [-0.05, 0) is 62.3 Å². The molecule has 2 aromatic carbocycles. The predicted octanol–water partition coefficient (Wildman–Crippen LogP) is 4.87. The molecule has 4 nitrogen and oxygen atoms in total. The van der Waals surface area contributed by atoms with Gasteiger partial charge in [-0.25, -0.2) is 4.39 Å². The Morgan fingerprint density at radius 2 is 1.72 bits per heavy atom. The number of carbonyl (C=O) groups is 1. The monoisotopic (exact) mass is 391 g/mol. The fourth-order valence-electron chi connectivity index (χ4n) is 3.98. The van der Waals surface area contributed by atoms with Gasteiger partial charge in [0.15, 0.2) is 0 Å². The molecule has 3 aromatic rings. The third-order valence-corrected chi connectivity index (χ3v) is 5.48. The molecule has 150 valence electrons. The first-order valence-corrected chi connectivity index (χ1v) is 10.4. The molecule has 1 aliphatic rings. The predicted molar refractivity (Wildman–Crippen MR) is 115 cm³/mol. The summed E-state index contributed by atoms with van der Waals surface area (Å²) in [5.74, 6) is -0.841. The summed E-state index contributed by atoms with van der Waals surface area (Å²) in [7, 11) is 0. The van der Waals surface area contributed by atoms with Crippen molar-refractivity contribution in [3.8, 4) is 0 Å². The van der Waals surface area contributed by atoms with Crippen LogP contribution < -0.4 is 10.6 Å². The van der Waals surface area contributed by atoms with Crippen molar-refractivity contribution >= 4 is 22.5 Å². The number of halogens is 1. The highest BCUT2D eigenvalue weighted by atomic mass is 19.1. The molecule has 0 radical (unpaired) electrons. The first-order chi connectivity index (χ1) is 14.2. The summed E-state index contributed by atoms with van der Waals surface area (Å²) >= 11 is 0. The second-order valence-corrected chi connectivity index (χ2v) is 7.51. The van der Waals surface area contributed by atoms with E-state index in [4.69, 9.17) is 4.98 Å². The number of carbonyl (C=O) groups excluding carboxylic acids is 1. The average molecular weight is 391 g/mol. The number of pyridine rings is 1. The maximum Gasteiger partial charge on any atom is 0.254 e. The van der Waals surface area contributed by atoms with Gasteiger partial charge in [-0.15, -0.1) is 0 Å². The van der Waals surface area contributed by atoms with E-state index in [0.29, 0.717) is 6.54 Å². The molecule has 5 heteroatoms. The van der Waals surface area contributed by atoms with Gasteiger partial charge in [0.25, 0.3) is 5.91 Å². The summed E-state index contributed by atoms with van der Waals surface area (Å²) in [6.07, 6.45) is 6.30. The minimum Gasteiger partial charge on any atom is -0.384 e. The van der Waals surface area contributed by atoms with Gasteiger partial charge in [-0.3, -0.25) is 9.78 Å². The molecule has 2 N–H and O–H groups in total. The second-order valence-electron chi connectivity index (χ2n) is 7.51. The van der Waals surface area contributed by atoms with Crippen LogP contribution in [-0.2, 0) is 12.8 Å². The summed E-state index contributed by atoms with van der Waals surface area (Å²) in [5.41, 5.74) is 4.96. The van der Waals surface area contributed by atoms with Gasteiger partial charge in [0.1, 0.15) is 5.82 Å². The highest BCUT2D eigenvalue weighted by Crippen LogP contribution is 2.33. The molecule has 1 aromatic heterocycles. The molecular formula is C24H26FN3O. The maximum absolute atomic E-state index is 13.6. The summed E-state index contributed by atoms with van der Waals surface area (Å²) in [4.78, 5) is 16.9. The number of nitrogens with one attached hydrogen (secondary N) is 2. The van der Waals surface area contributed by atoms with Crippen LogP contribution in [0.5, 0.6) is 0 Å². The van der Waals surface area contributed by atoms with Crippen molar-refractivity contribution in [3.05, 3.63) is 71.2 Å². The van der Waals surface area contributed by atoms with Crippen molar-refractivity contribution in [2.24, 2.45) is 0 Å². The van der Waals surface area contributed by atoms with E-state index in [0.717, 1.165) is 37.7 Å². The van der Waals surface area contributed by atoms with Crippen LogP contribution in [0.15, 0.2) is 48.5 Å². The number of rotatable bonds is 7. The zero-order valence-electron chi connectivity index (χ0n) is 16.5. The number of hydrogen-bond donors (Lipinski definition) is 2. The van der Waals surface area contributed by atoms with Crippen LogP contribution in [0.4, 0.5) is 10.1 Å². The van der Waals surface area contributed by atoms with Crippen LogP contribution in [0.2, 0.25) is 0 Å². The van der Waals surface area contributed by atoms with Gasteiger partial charge >= 0.3 is 0 Å². The van der Waals surface area contributed by atoms with E-state index >= 15 is 0 Å². The van der Waals surface area contributed by atoms with E-state index in [9.17, 15) is 9.18 Å². The highest BCUT2D eigenvalue weighted by molar-refractivity contribution is 5.94. The van der Waals surface area contributed by atoms with Crippen LogP contribution in [0.3, 0.4) is 0 Å². The standard InChI is InChI=1S/C24H26FN3O/c25-20-12-4-1-9-17(20)24(29)27-16-8-7-15-26-23-18-10-2-5-13-21(18)28-22-14-6-3-11-19(22)23/h1-2,4-5,9-10,12-13H,3,6-8,11,14-16H2,(H,26,28)(H,27,29). The van der Waals surface area contributed by atoms with Crippen molar-refractivity contribution in [1.29, 1.82) is 0 Å². The number of anilines is 1. The third kappa shape index (κ3) is 4.39. The number of unbranched alkanes of at least 4 members (excludes halogenated alkanes) is 1. The number of benzene rings is 2. The first kappa shape index (κ1) is 19.4. The van der Waals surface area contributed by atoms with Crippen LogP contribution in [0.1, 0.15) is 47.3 Å². The number of aromatic nitrogens is 1. The molecule has 1 aliphatic carbocycles. The number of amides is 1. The van der Waals surface area contributed by atoms with Crippen molar-refractivity contribution in [1.82, 2.24) is 10.3 Å². The molecule has 4 rings (SSSR count). The lowest BCUT2D eigenvalue weighted by Gasteiger charge is -2.21. The van der Waals surface area contributed by atoms with Gasteiger partial charge in [0, 0.05) is 29.9 Å². The molecule has 0 spiro atoms. The lowest BCUT2D eigenvalue weighted by molar-refractivity contribution is 0.0949. The van der Waals surface area contributed by atoms with Gasteiger partial charge in [-0.1, -0.05) is 30.3 Å². The Morgan fingerprint density at radius 3 is 2.62 bits per heavy atom. The molecule has 1 heterocycles. The summed E-state index contributed by atoms with van der Waals surface area (Å²) < 4.78 is 13.6. The molecule has 1 amide bonds. The zero-order chi connectivity index (χ0) is 20.1. The molecule has 29 heavy (non-hydrogen) atoms. The van der Waals surface area contributed by atoms with E-state index in [1.54, 1.807) is 12.1 Å². The summed E-state index contributed by atoms with van der Waals surface area (Å²) in [6, 6.07) is 14.4.